The minimum absolute atomic E-state index is 0.446. The summed E-state index contributed by atoms with van der Waals surface area (Å²) in [6.45, 7) is 2.36. The average Bonchev–Trinajstić information content (AvgIpc) is 3.41. The van der Waals surface area contributed by atoms with Gasteiger partial charge in [0.2, 0.25) is 0 Å². The van der Waals surface area contributed by atoms with E-state index < -0.39 is 23.8 Å². The molecular formula is C61H60ClP3Ru. The molecule has 0 bridgehead atoms. The van der Waals surface area contributed by atoms with Gasteiger partial charge in [-0.05, 0) is 77.4 Å². The van der Waals surface area contributed by atoms with Gasteiger partial charge in [-0.3, -0.25) is 0 Å². The van der Waals surface area contributed by atoms with Crippen molar-refractivity contribution in [2.24, 2.45) is 5.92 Å². The Kier molecular flexibility index (Phi) is 22.8. The molecular weight excluding hydrogens is 962 g/mol. The zero-order chi connectivity index (χ0) is 45.9. The van der Waals surface area contributed by atoms with Gasteiger partial charge >= 0.3 is 27.0 Å². The molecule has 0 radical (unpaired) electrons. The summed E-state index contributed by atoms with van der Waals surface area (Å²) >= 11 is 1.62. The van der Waals surface area contributed by atoms with Crippen molar-refractivity contribution in [3.05, 3.63) is 273 Å². The number of benzene rings is 9. The minimum Gasteiger partial charge on any atom is -0.0622 e. The fourth-order valence-corrected chi connectivity index (χ4v) is 14.8. The molecule has 0 aromatic heterocycles. The van der Waals surface area contributed by atoms with Gasteiger partial charge < -0.3 is 0 Å². The minimum atomic E-state index is -0.446. The summed E-state index contributed by atoms with van der Waals surface area (Å²) in [5, 5.41) is 12.6. The summed E-state index contributed by atoms with van der Waals surface area (Å²) in [6.07, 6.45) is 7.44. The van der Waals surface area contributed by atoms with E-state index in [2.05, 4.69) is 290 Å². The molecule has 0 atom stereocenters. The van der Waals surface area contributed by atoms with Gasteiger partial charge in [0, 0.05) is 0 Å². The molecule has 5 heteroatoms. The molecule has 0 amide bonds. The van der Waals surface area contributed by atoms with Gasteiger partial charge in [-0.2, -0.15) is 0 Å². The summed E-state index contributed by atoms with van der Waals surface area (Å²) in [4.78, 5) is 0. The van der Waals surface area contributed by atoms with Crippen LogP contribution in [-0.4, -0.2) is 0 Å². The van der Waals surface area contributed by atoms with Crippen molar-refractivity contribution in [1.82, 2.24) is 0 Å². The molecule has 9 aromatic carbocycles. The van der Waals surface area contributed by atoms with Gasteiger partial charge in [-0.1, -0.05) is 312 Å². The summed E-state index contributed by atoms with van der Waals surface area (Å²) < 4.78 is 0. The molecule has 0 aliphatic heterocycles. The predicted octanol–water partition coefficient (Wildman–Crippen LogP) is 13.3. The quantitative estimate of drug-likeness (QED) is 0.0998. The first kappa shape index (κ1) is 50.6. The molecule has 9 aromatic rings. The third-order valence-corrected chi connectivity index (χ3v) is 18.4. The van der Waals surface area contributed by atoms with E-state index in [1.165, 1.54) is 79.8 Å². The molecule has 10 rings (SSSR count). The Hall–Kier alpha value is -4.82. The SMILES string of the molecule is CC1CCCCC1.[Cl][RuH].c1ccc(P(c2ccccc2)c2ccccc2)cc1.c1ccc(P(c2ccccc2)c2ccccc2)cc1.c1ccc(P(c2ccccc2)c2ccccc2)cc1. The summed E-state index contributed by atoms with van der Waals surface area (Å²) in [5.74, 6) is 1.04. The Labute approximate surface area is 413 Å². The van der Waals surface area contributed by atoms with Crippen LogP contribution in [0.3, 0.4) is 0 Å². The maximum absolute atomic E-state index is 4.61. The largest absolute Gasteiger partial charge is 0.0622 e. The van der Waals surface area contributed by atoms with Crippen molar-refractivity contribution in [1.29, 1.82) is 0 Å². The van der Waals surface area contributed by atoms with E-state index in [1.807, 2.05) is 0 Å². The summed E-state index contributed by atoms with van der Waals surface area (Å²) in [7, 11) is 3.27. The van der Waals surface area contributed by atoms with Gasteiger partial charge in [0.15, 0.2) is 0 Å². The Morgan fingerprint density at radius 2 is 0.394 bits per heavy atom. The number of rotatable bonds is 9. The molecule has 334 valence electrons. The van der Waals surface area contributed by atoms with Crippen LogP contribution in [0.2, 0.25) is 0 Å². The molecule has 1 fully saturated rings. The molecule has 0 N–H and O–H groups in total. The molecule has 0 unspecified atom stereocenters. The fourth-order valence-electron chi connectivity index (χ4n) is 7.84. The van der Waals surface area contributed by atoms with Crippen molar-refractivity contribution < 1.29 is 17.3 Å². The van der Waals surface area contributed by atoms with E-state index in [1.54, 1.807) is 17.3 Å². The van der Waals surface area contributed by atoms with E-state index >= 15 is 0 Å². The van der Waals surface area contributed by atoms with Crippen LogP contribution in [0.25, 0.3) is 0 Å². The standard InChI is InChI=1S/3C18H15P.C7H14.ClH.Ru.H/c3*1-4-10-16(11-5-1)19(17-12-6-2-7-13-17)18-14-8-3-9-15-18;1-7-5-3-2-4-6-7;;;/h3*1-15H;7H,2-6H2,1H3;1H;;/q;;;;;+1;/p-1. The summed E-state index contributed by atoms with van der Waals surface area (Å²) in [5.41, 5.74) is 0. The molecule has 66 heavy (non-hydrogen) atoms. The van der Waals surface area contributed by atoms with Crippen LogP contribution in [0.5, 0.6) is 0 Å². The van der Waals surface area contributed by atoms with E-state index in [0.717, 1.165) is 5.92 Å². The molecule has 0 saturated heterocycles. The second-order valence-corrected chi connectivity index (χ2v) is 22.4. The monoisotopic (exact) mass is 1020 g/mol. The van der Waals surface area contributed by atoms with E-state index in [0.29, 0.717) is 0 Å². The van der Waals surface area contributed by atoms with Crippen molar-refractivity contribution in [2.45, 2.75) is 39.0 Å². The van der Waals surface area contributed by atoms with Crippen LogP contribution in [-0.2, 0) is 17.3 Å². The molecule has 1 saturated carbocycles. The second-order valence-electron chi connectivity index (χ2n) is 15.8. The number of hydrogen-bond donors (Lipinski definition) is 0. The molecule has 0 heterocycles. The molecule has 0 nitrogen and oxygen atoms in total. The third kappa shape index (κ3) is 16.2. The van der Waals surface area contributed by atoms with Crippen LogP contribution >= 0.6 is 33.5 Å². The Morgan fingerprint density at radius 3 is 0.500 bits per heavy atom. The predicted molar refractivity (Wildman–Crippen MR) is 295 cm³/mol. The van der Waals surface area contributed by atoms with E-state index in [4.69, 9.17) is 0 Å². The Balaban J connectivity index is 0.000000150. The van der Waals surface area contributed by atoms with Crippen molar-refractivity contribution in [3.63, 3.8) is 0 Å². The topological polar surface area (TPSA) is 0 Å². The third-order valence-electron chi connectivity index (χ3n) is 11.0. The molecule has 1 aliphatic carbocycles. The van der Waals surface area contributed by atoms with Crippen LogP contribution < -0.4 is 47.7 Å². The zero-order valence-corrected chi connectivity index (χ0v) is 43.0. The van der Waals surface area contributed by atoms with Gasteiger partial charge in [0.25, 0.3) is 0 Å². The maximum atomic E-state index is 4.61. The van der Waals surface area contributed by atoms with Gasteiger partial charge in [0.05, 0.1) is 0 Å². The van der Waals surface area contributed by atoms with Crippen molar-refractivity contribution in [2.75, 3.05) is 0 Å². The number of hydrogen-bond acceptors (Lipinski definition) is 0. The maximum Gasteiger partial charge on any atom is -0.0134 e. The fraction of sp³-hybridized carbons (Fsp3) is 0.115. The van der Waals surface area contributed by atoms with Gasteiger partial charge in [-0.25, -0.2) is 0 Å². The smallest absolute Gasteiger partial charge is 0.0134 e. The van der Waals surface area contributed by atoms with Gasteiger partial charge in [0.1, 0.15) is 0 Å². The van der Waals surface area contributed by atoms with Crippen LogP contribution in [0.1, 0.15) is 39.0 Å². The van der Waals surface area contributed by atoms with E-state index in [-0.39, 0.29) is 0 Å². The normalized spacial score (nSPS) is 11.9. The van der Waals surface area contributed by atoms with Crippen molar-refractivity contribution >= 4 is 81.2 Å². The molecule has 0 spiro atoms. The first-order valence-corrected chi connectivity index (χ1v) is 29.2. The Bertz CT molecular complexity index is 2010. The first-order chi connectivity index (χ1) is 32.7. The average molecular weight is 1020 g/mol. The first-order valence-electron chi connectivity index (χ1n) is 22.7. The summed E-state index contributed by atoms with van der Waals surface area (Å²) in [6, 6.07) is 97.0. The Morgan fingerprint density at radius 1 is 0.258 bits per heavy atom. The van der Waals surface area contributed by atoms with Crippen LogP contribution in [0, 0.1) is 5.92 Å². The van der Waals surface area contributed by atoms with Crippen molar-refractivity contribution in [3.8, 4) is 0 Å². The molecule has 1 aliphatic rings. The van der Waals surface area contributed by atoms with Gasteiger partial charge in [-0.15, -0.1) is 0 Å². The van der Waals surface area contributed by atoms with Crippen LogP contribution in [0.15, 0.2) is 273 Å². The number of halogens is 1. The van der Waals surface area contributed by atoms with E-state index in [9.17, 15) is 0 Å². The zero-order valence-electron chi connectivity index (χ0n) is 37.7. The van der Waals surface area contributed by atoms with Crippen LogP contribution in [0.4, 0.5) is 0 Å². The second kappa shape index (κ2) is 29.7.